The van der Waals surface area contributed by atoms with Crippen molar-refractivity contribution in [2.45, 2.75) is 13.5 Å². The van der Waals surface area contributed by atoms with Crippen molar-refractivity contribution in [3.8, 4) is 11.5 Å². The zero-order valence-electron chi connectivity index (χ0n) is 10.9. The number of aromatic hydroxyl groups is 1. The Kier molecular flexibility index (Phi) is 6.86. The van der Waals surface area contributed by atoms with Crippen molar-refractivity contribution >= 4 is 28.6 Å². The van der Waals surface area contributed by atoms with Gasteiger partial charge in [0.15, 0.2) is 11.5 Å². The van der Waals surface area contributed by atoms with Gasteiger partial charge in [0, 0.05) is 10.5 Å². The first-order valence-electron chi connectivity index (χ1n) is 5.84. The maximum absolute atomic E-state index is 9.64. The monoisotopic (exact) mass is 386 g/mol. The van der Waals surface area contributed by atoms with E-state index in [2.05, 4.69) is 22.6 Å². The summed E-state index contributed by atoms with van der Waals surface area (Å²) in [6, 6.07) is 15.2. The van der Waals surface area contributed by atoms with Gasteiger partial charge < -0.3 is 14.9 Å². The molecule has 0 saturated carbocycles. The minimum absolute atomic E-state index is 0.183. The van der Waals surface area contributed by atoms with Gasteiger partial charge in [-0.2, -0.15) is 0 Å². The quantitative estimate of drug-likeness (QED) is 0.791. The molecule has 2 aromatic carbocycles. The first kappa shape index (κ1) is 16.3. The summed E-state index contributed by atoms with van der Waals surface area (Å²) < 4.78 is 6.51. The minimum Gasteiger partial charge on any atom is -0.504 e. The smallest absolute Gasteiger partial charge is 0.300 e. The van der Waals surface area contributed by atoms with Crippen LogP contribution >= 0.6 is 22.6 Å². The molecule has 0 aliphatic rings. The van der Waals surface area contributed by atoms with Gasteiger partial charge in [0.1, 0.15) is 6.61 Å². The van der Waals surface area contributed by atoms with Gasteiger partial charge in [-0.15, -0.1) is 0 Å². The summed E-state index contributed by atoms with van der Waals surface area (Å²) in [5, 5.41) is 17.1. The Hall–Kier alpha value is -1.76. The number of phenols is 1. The molecule has 4 nitrogen and oxygen atoms in total. The third kappa shape index (κ3) is 6.42. The largest absolute Gasteiger partial charge is 0.504 e. The van der Waals surface area contributed by atoms with E-state index < -0.39 is 5.97 Å². The summed E-state index contributed by atoms with van der Waals surface area (Å²) in [6.45, 7) is 1.55. The summed E-state index contributed by atoms with van der Waals surface area (Å²) >= 11 is 2.15. The number of hydrogen-bond acceptors (Lipinski definition) is 3. The second-order valence-corrected chi connectivity index (χ2v) is 5.15. The number of carbonyl (C=O) groups is 1. The molecular weight excluding hydrogens is 371 g/mol. The van der Waals surface area contributed by atoms with Crippen LogP contribution in [0.3, 0.4) is 0 Å². The number of aliphatic carboxylic acids is 1. The molecule has 0 spiro atoms. The van der Waals surface area contributed by atoms with Crippen molar-refractivity contribution in [1.82, 2.24) is 0 Å². The van der Waals surface area contributed by atoms with Gasteiger partial charge in [0.2, 0.25) is 0 Å². The fraction of sp³-hybridized carbons (Fsp3) is 0.133. The molecule has 0 aliphatic carbocycles. The highest BCUT2D eigenvalue weighted by molar-refractivity contribution is 14.1. The lowest BCUT2D eigenvalue weighted by atomic mass is 10.2. The summed E-state index contributed by atoms with van der Waals surface area (Å²) in [6.07, 6.45) is 0. The highest BCUT2D eigenvalue weighted by Crippen LogP contribution is 2.28. The van der Waals surface area contributed by atoms with Crippen molar-refractivity contribution in [2.24, 2.45) is 0 Å². The van der Waals surface area contributed by atoms with Crippen LogP contribution in [0.15, 0.2) is 48.5 Å². The lowest BCUT2D eigenvalue weighted by molar-refractivity contribution is -0.134. The molecule has 2 aromatic rings. The Labute approximate surface area is 131 Å². The third-order valence-corrected chi connectivity index (χ3v) is 2.83. The molecule has 5 heteroatoms. The van der Waals surface area contributed by atoms with E-state index in [0.29, 0.717) is 12.4 Å². The molecule has 2 N–H and O–H groups in total. The van der Waals surface area contributed by atoms with Crippen LogP contribution in [-0.2, 0) is 11.4 Å². The number of rotatable bonds is 3. The third-order valence-electron chi connectivity index (χ3n) is 2.16. The number of benzene rings is 2. The maximum Gasteiger partial charge on any atom is 0.300 e. The second kappa shape index (κ2) is 8.42. The predicted octanol–water partition coefficient (Wildman–Crippen LogP) is 3.67. The molecule has 0 amide bonds. The average molecular weight is 386 g/mol. The van der Waals surface area contributed by atoms with Crippen LogP contribution in [0.1, 0.15) is 12.5 Å². The normalized spacial score (nSPS) is 9.30. The molecule has 0 aromatic heterocycles. The van der Waals surface area contributed by atoms with Crippen LogP contribution < -0.4 is 4.74 Å². The van der Waals surface area contributed by atoms with Crippen molar-refractivity contribution < 1.29 is 19.7 Å². The molecule has 20 heavy (non-hydrogen) atoms. The number of carboxylic acids is 1. The van der Waals surface area contributed by atoms with Gasteiger partial charge in [0.05, 0.1) is 0 Å². The standard InChI is InChI=1S/C13H11IO2.C2H4O2/c14-11-6-7-13(12(15)8-11)16-9-10-4-2-1-3-5-10;1-2(3)4/h1-8,15H,9H2;1H3,(H,3,4). The van der Waals surface area contributed by atoms with E-state index in [-0.39, 0.29) is 5.75 Å². The lowest BCUT2D eigenvalue weighted by Gasteiger charge is -2.08. The minimum atomic E-state index is -0.833. The number of halogens is 1. The van der Waals surface area contributed by atoms with E-state index in [0.717, 1.165) is 16.1 Å². The van der Waals surface area contributed by atoms with E-state index in [9.17, 15) is 5.11 Å². The summed E-state index contributed by atoms with van der Waals surface area (Å²) in [4.78, 5) is 9.00. The summed E-state index contributed by atoms with van der Waals surface area (Å²) in [7, 11) is 0. The number of phenolic OH excluding ortho intramolecular Hbond substituents is 1. The predicted molar refractivity (Wildman–Crippen MR) is 84.9 cm³/mol. The van der Waals surface area contributed by atoms with Crippen LogP contribution in [0.5, 0.6) is 11.5 Å². The zero-order valence-corrected chi connectivity index (χ0v) is 13.1. The fourth-order valence-electron chi connectivity index (χ4n) is 1.35. The van der Waals surface area contributed by atoms with Crippen LogP contribution in [0, 0.1) is 3.57 Å². The molecular formula is C15H15IO4. The Morgan fingerprint density at radius 1 is 1.20 bits per heavy atom. The topological polar surface area (TPSA) is 66.8 Å². The first-order valence-corrected chi connectivity index (χ1v) is 6.91. The molecule has 106 valence electrons. The van der Waals surface area contributed by atoms with Crippen molar-refractivity contribution in [2.75, 3.05) is 0 Å². The molecule has 0 heterocycles. The van der Waals surface area contributed by atoms with Gasteiger partial charge in [0.25, 0.3) is 5.97 Å². The molecule has 0 saturated heterocycles. The highest BCUT2D eigenvalue weighted by atomic mass is 127. The van der Waals surface area contributed by atoms with Crippen molar-refractivity contribution in [3.63, 3.8) is 0 Å². The molecule has 2 rings (SSSR count). The van der Waals surface area contributed by atoms with Gasteiger partial charge in [-0.1, -0.05) is 30.3 Å². The van der Waals surface area contributed by atoms with E-state index >= 15 is 0 Å². The summed E-state index contributed by atoms with van der Waals surface area (Å²) in [5.41, 5.74) is 1.08. The zero-order chi connectivity index (χ0) is 15.0. The number of hydrogen-bond donors (Lipinski definition) is 2. The van der Waals surface area contributed by atoms with E-state index in [1.165, 1.54) is 0 Å². The first-order chi connectivity index (χ1) is 9.49. The average Bonchev–Trinajstić information content (AvgIpc) is 2.38. The van der Waals surface area contributed by atoms with Gasteiger partial charge >= 0.3 is 0 Å². The second-order valence-electron chi connectivity index (χ2n) is 3.91. The Bertz CT molecular complexity index is 551. The maximum atomic E-state index is 9.64. The fourth-order valence-corrected chi connectivity index (χ4v) is 1.82. The molecule has 0 atom stereocenters. The number of carboxylic acid groups (broad SMARTS) is 1. The van der Waals surface area contributed by atoms with E-state index in [1.807, 2.05) is 36.4 Å². The Balaban J connectivity index is 0.000000444. The van der Waals surface area contributed by atoms with Gasteiger partial charge in [-0.25, -0.2) is 0 Å². The Morgan fingerprint density at radius 2 is 1.80 bits per heavy atom. The molecule has 0 radical (unpaired) electrons. The van der Waals surface area contributed by atoms with Crippen LogP contribution in [-0.4, -0.2) is 16.2 Å². The molecule has 0 unspecified atom stereocenters. The van der Waals surface area contributed by atoms with E-state index in [4.69, 9.17) is 14.6 Å². The molecule has 0 aliphatic heterocycles. The molecule has 0 bridgehead atoms. The Morgan fingerprint density at radius 3 is 2.35 bits per heavy atom. The van der Waals surface area contributed by atoms with Crippen LogP contribution in [0.2, 0.25) is 0 Å². The van der Waals surface area contributed by atoms with Crippen LogP contribution in [0.4, 0.5) is 0 Å². The van der Waals surface area contributed by atoms with Gasteiger partial charge in [-0.3, -0.25) is 4.79 Å². The summed E-state index contributed by atoms with van der Waals surface area (Å²) in [5.74, 6) is -0.132. The SMILES string of the molecule is CC(=O)O.Oc1cc(I)ccc1OCc1ccccc1. The molecule has 0 fully saturated rings. The highest BCUT2D eigenvalue weighted by Gasteiger charge is 2.02. The van der Waals surface area contributed by atoms with Crippen molar-refractivity contribution in [3.05, 3.63) is 57.7 Å². The van der Waals surface area contributed by atoms with Crippen molar-refractivity contribution in [1.29, 1.82) is 0 Å². The lowest BCUT2D eigenvalue weighted by Crippen LogP contribution is -1.95. The van der Waals surface area contributed by atoms with E-state index in [1.54, 1.807) is 12.1 Å². The van der Waals surface area contributed by atoms with Gasteiger partial charge in [-0.05, 0) is 46.4 Å². The van der Waals surface area contributed by atoms with Crippen LogP contribution in [0.25, 0.3) is 0 Å². The number of ether oxygens (including phenoxy) is 1.